The van der Waals surface area contributed by atoms with E-state index in [4.69, 9.17) is 11.6 Å². The first-order chi connectivity index (χ1) is 9.71. The molecule has 1 saturated carbocycles. The van der Waals surface area contributed by atoms with Crippen molar-refractivity contribution in [3.05, 3.63) is 29.3 Å². The van der Waals surface area contributed by atoms with Gasteiger partial charge in [-0.3, -0.25) is 0 Å². The molecule has 0 atom stereocenters. The number of hydrogen-bond acceptors (Lipinski definition) is 3. The molecule has 1 aromatic rings. The van der Waals surface area contributed by atoms with Crippen molar-refractivity contribution in [2.75, 3.05) is 31.1 Å². The minimum atomic E-state index is 0.216. The van der Waals surface area contributed by atoms with Crippen LogP contribution in [-0.4, -0.2) is 37.4 Å². The molecule has 0 amide bonds. The second-order valence-electron chi connectivity index (χ2n) is 6.28. The minimum absolute atomic E-state index is 0.216. The van der Waals surface area contributed by atoms with Gasteiger partial charge in [-0.05, 0) is 49.9 Å². The predicted octanol–water partition coefficient (Wildman–Crippen LogP) is 2.67. The number of aliphatic hydroxyl groups is 1. The zero-order chi connectivity index (χ0) is 14.0. The molecule has 110 valence electrons. The summed E-state index contributed by atoms with van der Waals surface area (Å²) in [7, 11) is 0. The van der Waals surface area contributed by atoms with Crippen molar-refractivity contribution >= 4 is 17.3 Å². The van der Waals surface area contributed by atoms with Gasteiger partial charge in [0.15, 0.2) is 0 Å². The van der Waals surface area contributed by atoms with Crippen LogP contribution in [0.5, 0.6) is 0 Å². The highest BCUT2D eigenvalue weighted by Gasteiger charge is 2.42. The van der Waals surface area contributed by atoms with Crippen molar-refractivity contribution in [1.29, 1.82) is 0 Å². The largest absolute Gasteiger partial charge is 0.396 e. The SMILES string of the molecule is OCC1(CNC2CCN(c3ccc(Cl)cc3)CC2)CC1. The summed E-state index contributed by atoms with van der Waals surface area (Å²) in [6.45, 7) is 3.50. The zero-order valence-electron chi connectivity index (χ0n) is 11.8. The molecule has 0 unspecified atom stereocenters. The number of rotatable bonds is 5. The Morgan fingerprint density at radius 2 is 1.85 bits per heavy atom. The molecule has 2 N–H and O–H groups in total. The fourth-order valence-corrected chi connectivity index (χ4v) is 3.05. The average molecular weight is 295 g/mol. The molecule has 0 spiro atoms. The third kappa shape index (κ3) is 3.27. The summed E-state index contributed by atoms with van der Waals surface area (Å²) in [5.74, 6) is 0. The van der Waals surface area contributed by atoms with Crippen molar-refractivity contribution in [3.8, 4) is 0 Å². The second-order valence-corrected chi connectivity index (χ2v) is 6.71. The van der Waals surface area contributed by atoms with Gasteiger partial charge in [0, 0.05) is 48.4 Å². The number of benzene rings is 1. The maximum Gasteiger partial charge on any atom is 0.0499 e. The lowest BCUT2D eigenvalue weighted by atomic mass is 10.0. The fourth-order valence-electron chi connectivity index (χ4n) is 2.92. The summed E-state index contributed by atoms with van der Waals surface area (Å²) >= 11 is 5.93. The van der Waals surface area contributed by atoms with Crippen LogP contribution in [0, 0.1) is 5.41 Å². The highest BCUT2D eigenvalue weighted by molar-refractivity contribution is 6.30. The van der Waals surface area contributed by atoms with E-state index in [9.17, 15) is 5.11 Å². The number of nitrogens with zero attached hydrogens (tertiary/aromatic N) is 1. The quantitative estimate of drug-likeness (QED) is 0.876. The van der Waals surface area contributed by atoms with E-state index in [1.165, 1.54) is 31.4 Å². The zero-order valence-corrected chi connectivity index (χ0v) is 12.6. The normalized spacial score (nSPS) is 22.0. The van der Waals surface area contributed by atoms with E-state index in [1.54, 1.807) is 0 Å². The molecule has 1 aliphatic heterocycles. The van der Waals surface area contributed by atoms with Crippen molar-refractivity contribution in [3.63, 3.8) is 0 Å². The molecule has 1 aliphatic carbocycles. The third-order valence-corrected chi connectivity index (χ3v) is 5.00. The second kappa shape index (κ2) is 5.92. The molecule has 2 fully saturated rings. The van der Waals surface area contributed by atoms with Gasteiger partial charge in [0.1, 0.15) is 0 Å². The summed E-state index contributed by atoms with van der Waals surface area (Å²) in [6.07, 6.45) is 4.70. The van der Waals surface area contributed by atoms with Crippen LogP contribution >= 0.6 is 11.6 Å². The first-order valence-electron chi connectivity index (χ1n) is 7.56. The van der Waals surface area contributed by atoms with Crippen molar-refractivity contribution in [2.24, 2.45) is 5.41 Å². The van der Waals surface area contributed by atoms with Crippen molar-refractivity contribution in [2.45, 2.75) is 31.7 Å². The van der Waals surface area contributed by atoms with E-state index in [-0.39, 0.29) is 5.41 Å². The summed E-state index contributed by atoms with van der Waals surface area (Å²) < 4.78 is 0. The Hall–Kier alpha value is -0.770. The summed E-state index contributed by atoms with van der Waals surface area (Å²) in [6, 6.07) is 8.71. The molecule has 3 nitrogen and oxygen atoms in total. The Kier molecular flexibility index (Phi) is 4.20. The van der Waals surface area contributed by atoms with Crippen LogP contribution in [0.1, 0.15) is 25.7 Å². The highest BCUT2D eigenvalue weighted by Crippen LogP contribution is 2.44. The van der Waals surface area contributed by atoms with Gasteiger partial charge in [-0.1, -0.05) is 11.6 Å². The van der Waals surface area contributed by atoms with E-state index < -0.39 is 0 Å². The first-order valence-corrected chi connectivity index (χ1v) is 7.93. The van der Waals surface area contributed by atoms with E-state index >= 15 is 0 Å². The lowest BCUT2D eigenvalue weighted by Gasteiger charge is -2.34. The van der Waals surface area contributed by atoms with Gasteiger partial charge in [-0.25, -0.2) is 0 Å². The Morgan fingerprint density at radius 1 is 1.20 bits per heavy atom. The van der Waals surface area contributed by atoms with Crippen molar-refractivity contribution in [1.82, 2.24) is 5.32 Å². The molecular weight excluding hydrogens is 272 g/mol. The Morgan fingerprint density at radius 3 is 2.40 bits per heavy atom. The van der Waals surface area contributed by atoms with E-state index in [0.717, 1.165) is 24.7 Å². The van der Waals surface area contributed by atoms with Gasteiger partial charge in [-0.15, -0.1) is 0 Å². The monoisotopic (exact) mass is 294 g/mol. The molecule has 1 heterocycles. The molecule has 0 aromatic heterocycles. The van der Waals surface area contributed by atoms with Gasteiger partial charge in [-0.2, -0.15) is 0 Å². The Balaban J connectivity index is 1.46. The van der Waals surface area contributed by atoms with Gasteiger partial charge in [0.25, 0.3) is 0 Å². The number of piperidine rings is 1. The number of aliphatic hydroxyl groups excluding tert-OH is 1. The van der Waals surface area contributed by atoms with Crippen molar-refractivity contribution < 1.29 is 5.11 Å². The third-order valence-electron chi connectivity index (χ3n) is 4.74. The molecule has 20 heavy (non-hydrogen) atoms. The molecule has 0 bridgehead atoms. The van der Waals surface area contributed by atoms with Crippen LogP contribution in [0.15, 0.2) is 24.3 Å². The molecule has 1 aromatic carbocycles. The highest BCUT2D eigenvalue weighted by atomic mass is 35.5. The van der Waals surface area contributed by atoms with Crippen LogP contribution in [0.25, 0.3) is 0 Å². The Bertz CT molecular complexity index is 436. The molecule has 0 radical (unpaired) electrons. The smallest absolute Gasteiger partial charge is 0.0499 e. The van der Waals surface area contributed by atoms with Crippen LogP contribution in [0.2, 0.25) is 5.02 Å². The predicted molar refractivity (Wildman–Crippen MR) is 83.4 cm³/mol. The van der Waals surface area contributed by atoms with E-state index in [1.807, 2.05) is 12.1 Å². The van der Waals surface area contributed by atoms with Gasteiger partial charge < -0.3 is 15.3 Å². The summed E-state index contributed by atoms with van der Waals surface area (Å²) in [4.78, 5) is 2.42. The van der Waals surface area contributed by atoms with Crippen LogP contribution < -0.4 is 10.2 Å². The standard InChI is InChI=1S/C16H23ClN2O/c17-13-1-3-15(4-2-13)19-9-5-14(6-10-19)18-11-16(12-20)7-8-16/h1-4,14,18,20H,5-12H2. The maximum atomic E-state index is 9.34. The molecule has 4 heteroatoms. The molecule has 3 rings (SSSR count). The van der Waals surface area contributed by atoms with E-state index in [2.05, 4.69) is 22.3 Å². The van der Waals surface area contributed by atoms with Crippen LogP contribution in [0.4, 0.5) is 5.69 Å². The van der Waals surface area contributed by atoms with Crippen LogP contribution in [-0.2, 0) is 0 Å². The van der Waals surface area contributed by atoms with Crippen LogP contribution in [0.3, 0.4) is 0 Å². The lowest BCUT2D eigenvalue weighted by Crippen LogP contribution is -2.44. The Labute approximate surface area is 125 Å². The summed E-state index contributed by atoms with van der Waals surface area (Å²) in [5, 5.41) is 13.8. The average Bonchev–Trinajstić information content (AvgIpc) is 3.27. The number of anilines is 1. The first kappa shape index (κ1) is 14.2. The molecule has 1 saturated heterocycles. The van der Waals surface area contributed by atoms with Gasteiger partial charge in [0.2, 0.25) is 0 Å². The van der Waals surface area contributed by atoms with Gasteiger partial charge in [0.05, 0.1) is 0 Å². The summed E-state index contributed by atoms with van der Waals surface area (Å²) in [5.41, 5.74) is 1.48. The maximum absolute atomic E-state index is 9.34. The molecule has 2 aliphatic rings. The topological polar surface area (TPSA) is 35.5 Å². The number of halogens is 1. The number of hydrogen-bond donors (Lipinski definition) is 2. The van der Waals surface area contributed by atoms with Gasteiger partial charge >= 0.3 is 0 Å². The molecular formula is C16H23ClN2O. The lowest BCUT2D eigenvalue weighted by molar-refractivity contribution is 0.201. The minimum Gasteiger partial charge on any atom is -0.396 e. The number of nitrogens with one attached hydrogen (secondary N) is 1. The fraction of sp³-hybridized carbons (Fsp3) is 0.625. The van der Waals surface area contributed by atoms with E-state index in [0.29, 0.717) is 12.6 Å².